The zero-order chi connectivity index (χ0) is 17.9. The van der Waals surface area contributed by atoms with Gasteiger partial charge in [0.1, 0.15) is 0 Å². The van der Waals surface area contributed by atoms with Gasteiger partial charge in [0.2, 0.25) is 5.91 Å². The van der Waals surface area contributed by atoms with Gasteiger partial charge in [0.15, 0.2) is 0 Å². The number of amides is 2. The molecule has 0 spiro atoms. The van der Waals surface area contributed by atoms with Gasteiger partial charge in [0.25, 0.3) is 0 Å². The van der Waals surface area contributed by atoms with Crippen molar-refractivity contribution in [3.05, 3.63) is 35.9 Å². The van der Waals surface area contributed by atoms with Gasteiger partial charge in [-0.25, -0.2) is 4.79 Å². The van der Waals surface area contributed by atoms with Crippen LogP contribution in [0, 0.1) is 17.3 Å². The second-order valence-electron chi connectivity index (χ2n) is 7.65. The Hall–Kier alpha value is -2.08. The Kier molecular flexibility index (Phi) is 5.49. The van der Waals surface area contributed by atoms with E-state index in [-0.39, 0.29) is 29.2 Å². The van der Waals surface area contributed by atoms with Crippen molar-refractivity contribution in [2.45, 2.75) is 33.4 Å². The van der Waals surface area contributed by atoms with E-state index in [4.69, 9.17) is 5.73 Å². The lowest BCUT2D eigenvalue weighted by Crippen LogP contribution is -2.52. The van der Waals surface area contributed by atoms with E-state index >= 15 is 0 Å². The summed E-state index contributed by atoms with van der Waals surface area (Å²) >= 11 is 0. The van der Waals surface area contributed by atoms with E-state index in [9.17, 15) is 14.7 Å². The maximum absolute atomic E-state index is 11.9. The summed E-state index contributed by atoms with van der Waals surface area (Å²) in [6.07, 6.45) is -1.07. The number of hydrogen-bond donors (Lipinski definition) is 3. The molecule has 0 aromatic heterocycles. The fourth-order valence-electron chi connectivity index (χ4n) is 3.62. The summed E-state index contributed by atoms with van der Waals surface area (Å²) in [5.41, 5.74) is 6.48. The number of carbonyl (C=O) groups excluding carboxylic acids is 1. The van der Waals surface area contributed by atoms with Crippen LogP contribution in [0.2, 0.25) is 0 Å². The molecule has 1 aliphatic heterocycles. The molecule has 0 saturated carbocycles. The number of nitrogens with one attached hydrogen (secondary N) is 1. The van der Waals surface area contributed by atoms with Gasteiger partial charge in [-0.3, -0.25) is 9.69 Å². The molecule has 2 rings (SSSR count). The molecular weight excluding hydrogens is 306 g/mol. The summed E-state index contributed by atoms with van der Waals surface area (Å²) in [6, 6.07) is 9.69. The number of carbonyl (C=O) groups is 2. The van der Waals surface area contributed by atoms with Crippen LogP contribution < -0.4 is 11.1 Å². The third-order valence-corrected chi connectivity index (χ3v) is 4.70. The minimum absolute atomic E-state index is 0.137. The normalized spacial score (nSPS) is 23.0. The topological polar surface area (TPSA) is 95.7 Å². The maximum Gasteiger partial charge on any atom is 0.404 e. The van der Waals surface area contributed by atoms with Gasteiger partial charge in [-0.15, -0.1) is 0 Å². The minimum atomic E-state index is -1.07. The number of carboxylic acid groups (broad SMARTS) is 1. The lowest BCUT2D eigenvalue weighted by atomic mass is 9.75. The van der Waals surface area contributed by atoms with Crippen LogP contribution in [0.3, 0.4) is 0 Å². The predicted molar refractivity (Wildman–Crippen MR) is 92.3 cm³/mol. The van der Waals surface area contributed by atoms with Gasteiger partial charge < -0.3 is 16.2 Å². The van der Waals surface area contributed by atoms with E-state index in [1.807, 2.05) is 51.1 Å². The smallest absolute Gasteiger partial charge is 0.404 e. The van der Waals surface area contributed by atoms with E-state index in [2.05, 4.69) is 10.2 Å². The molecule has 1 saturated heterocycles. The van der Waals surface area contributed by atoms with Crippen molar-refractivity contribution in [3.8, 4) is 0 Å². The maximum atomic E-state index is 11.9. The van der Waals surface area contributed by atoms with Crippen LogP contribution >= 0.6 is 0 Å². The first-order valence-corrected chi connectivity index (χ1v) is 8.23. The van der Waals surface area contributed by atoms with E-state index in [0.717, 1.165) is 6.54 Å². The zero-order valence-electron chi connectivity index (χ0n) is 14.5. The van der Waals surface area contributed by atoms with Gasteiger partial charge in [-0.2, -0.15) is 0 Å². The fourth-order valence-corrected chi connectivity index (χ4v) is 3.62. The monoisotopic (exact) mass is 333 g/mol. The van der Waals surface area contributed by atoms with Crippen molar-refractivity contribution in [2.75, 3.05) is 13.1 Å². The van der Waals surface area contributed by atoms with Gasteiger partial charge >= 0.3 is 6.09 Å². The van der Waals surface area contributed by atoms with Gasteiger partial charge in [0.05, 0.1) is 5.92 Å². The highest BCUT2D eigenvalue weighted by Crippen LogP contribution is 2.35. The van der Waals surface area contributed by atoms with Gasteiger partial charge in [-0.1, -0.05) is 51.1 Å². The number of rotatable bonds is 5. The Morgan fingerprint density at radius 1 is 1.29 bits per heavy atom. The first-order valence-electron chi connectivity index (χ1n) is 8.23. The third kappa shape index (κ3) is 4.47. The number of likely N-dealkylation sites (tertiary alicyclic amines) is 1. The van der Waals surface area contributed by atoms with Gasteiger partial charge in [0, 0.05) is 31.6 Å². The number of nitrogens with zero attached hydrogens (tertiary/aromatic N) is 1. The van der Waals surface area contributed by atoms with Crippen LogP contribution in [0.4, 0.5) is 4.79 Å². The molecule has 1 aromatic carbocycles. The second kappa shape index (κ2) is 7.21. The molecule has 3 atom stereocenters. The van der Waals surface area contributed by atoms with Crippen LogP contribution in [-0.2, 0) is 11.3 Å². The highest BCUT2D eigenvalue weighted by Gasteiger charge is 2.45. The summed E-state index contributed by atoms with van der Waals surface area (Å²) < 4.78 is 0. The molecule has 0 bridgehead atoms. The van der Waals surface area contributed by atoms with E-state index in [1.165, 1.54) is 5.56 Å². The lowest BCUT2D eigenvalue weighted by Gasteiger charge is -2.37. The summed E-state index contributed by atoms with van der Waals surface area (Å²) in [6.45, 7) is 7.86. The van der Waals surface area contributed by atoms with Crippen molar-refractivity contribution >= 4 is 12.0 Å². The van der Waals surface area contributed by atoms with E-state index in [1.54, 1.807) is 0 Å². The first-order chi connectivity index (χ1) is 11.2. The molecule has 1 unspecified atom stereocenters. The quantitative estimate of drug-likeness (QED) is 0.767. The molecule has 6 nitrogen and oxygen atoms in total. The number of hydrogen-bond acceptors (Lipinski definition) is 3. The summed E-state index contributed by atoms with van der Waals surface area (Å²) in [7, 11) is 0. The molecule has 24 heavy (non-hydrogen) atoms. The summed E-state index contributed by atoms with van der Waals surface area (Å²) in [4.78, 5) is 25.3. The van der Waals surface area contributed by atoms with Crippen molar-refractivity contribution in [1.29, 1.82) is 0 Å². The number of benzene rings is 1. The summed E-state index contributed by atoms with van der Waals surface area (Å²) in [5.74, 6) is -0.857. The highest BCUT2D eigenvalue weighted by atomic mass is 16.4. The Balaban J connectivity index is 2.19. The Labute approximate surface area is 143 Å². The average molecular weight is 333 g/mol. The van der Waals surface area contributed by atoms with E-state index < -0.39 is 6.09 Å². The number of primary amides is 1. The second-order valence-corrected chi connectivity index (χ2v) is 7.65. The average Bonchev–Trinajstić information content (AvgIpc) is 2.88. The Bertz CT molecular complexity index is 583. The van der Waals surface area contributed by atoms with Crippen LogP contribution in [-0.4, -0.2) is 41.1 Å². The molecule has 1 heterocycles. The zero-order valence-corrected chi connectivity index (χ0v) is 14.5. The third-order valence-electron chi connectivity index (χ3n) is 4.70. The molecule has 2 amide bonds. The highest BCUT2D eigenvalue weighted by molar-refractivity contribution is 5.78. The summed E-state index contributed by atoms with van der Waals surface area (Å²) in [5, 5.41) is 11.8. The van der Waals surface area contributed by atoms with Crippen LogP contribution in [0.1, 0.15) is 26.3 Å². The van der Waals surface area contributed by atoms with Crippen molar-refractivity contribution in [3.63, 3.8) is 0 Å². The molecule has 1 fully saturated rings. The first kappa shape index (κ1) is 18.3. The molecular formula is C18H27N3O3. The molecule has 1 aromatic rings. The van der Waals surface area contributed by atoms with Crippen LogP contribution in [0.15, 0.2) is 30.3 Å². The molecule has 6 heteroatoms. The Morgan fingerprint density at radius 2 is 1.92 bits per heavy atom. The molecule has 0 aliphatic carbocycles. The molecule has 132 valence electrons. The lowest BCUT2D eigenvalue weighted by molar-refractivity contribution is -0.123. The fraction of sp³-hybridized carbons (Fsp3) is 0.556. The van der Waals surface area contributed by atoms with Gasteiger partial charge in [-0.05, 0) is 11.0 Å². The molecule has 4 N–H and O–H groups in total. The minimum Gasteiger partial charge on any atom is -0.465 e. The molecule has 0 radical (unpaired) electrons. The number of nitrogens with two attached hydrogens (primary N) is 1. The van der Waals surface area contributed by atoms with Crippen LogP contribution in [0.25, 0.3) is 0 Å². The largest absolute Gasteiger partial charge is 0.465 e. The molecule has 1 aliphatic rings. The van der Waals surface area contributed by atoms with Crippen molar-refractivity contribution in [2.24, 2.45) is 23.0 Å². The van der Waals surface area contributed by atoms with Crippen molar-refractivity contribution < 1.29 is 14.7 Å². The standard InChI is InChI=1S/C18H27N3O3/c1-18(2,3)15(20-17(23)24)13-10-21(11-14(13)16(19)22)9-12-7-5-4-6-8-12/h4-8,13-15,20H,9-11H2,1-3H3,(H2,19,22)(H,23,24)/t13-,14-,15?/m1/s1. The van der Waals surface area contributed by atoms with E-state index in [0.29, 0.717) is 13.1 Å². The predicted octanol–water partition coefficient (Wildman–Crippen LogP) is 1.90. The SMILES string of the molecule is CC(C)(C)C(NC(=O)O)[C@@H]1CN(Cc2ccccc2)C[C@H]1C(N)=O. The van der Waals surface area contributed by atoms with Crippen LogP contribution in [0.5, 0.6) is 0 Å². The van der Waals surface area contributed by atoms with Crippen molar-refractivity contribution in [1.82, 2.24) is 10.2 Å². The Morgan fingerprint density at radius 3 is 2.42 bits per heavy atom.